The van der Waals surface area contributed by atoms with Crippen LogP contribution < -0.4 is 5.32 Å². The zero-order valence-corrected chi connectivity index (χ0v) is 9.74. The van der Waals surface area contributed by atoms with E-state index in [1.807, 2.05) is 24.3 Å². The first-order valence-corrected chi connectivity index (χ1v) is 5.09. The van der Waals surface area contributed by atoms with Crippen molar-refractivity contribution in [2.24, 2.45) is 0 Å². The third-order valence-corrected chi connectivity index (χ3v) is 2.01. The van der Waals surface area contributed by atoms with E-state index in [4.69, 9.17) is 0 Å². The fraction of sp³-hybridized carbons (Fsp3) is 0.417. The minimum Gasteiger partial charge on any atom is -0.382 e. The molecule has 1 rings (SSSR count). The summed E-state index contributed by atoms with van der Waals surface area (Å²) in [5.74, 6) is 0.0266. The van der Waals surface area contributed by atoms with Gasteiger partial charge in [-0.05, 0) is 26.0 Å². The molecule has 3 nitrogen and oxygen atoms in total. The molecular weight excluding hydrogens is 188 g/mol. The molecule has 0 aliphatic heterocycles. The van der Waals surface area contributed by atoms with Crippen LogP contribution in [0, 0.1) is 0 Å². The number of rotatable bonds is 3. The highest BCUT2D eigenvalue weighted by Gasteiger charge is 2.12. The average Bonchev–Trinajstić information content (AvgIpc) is 2.16. The lowest BCUT2D eigenvalue weighted by molar-refractivity contribution is 0.0828. The average molecular weight is 206 g/mol. The van der Waals surface area contributed by atoms with Gasteiger partial charge >= 0.3 is 0 Å². The smallest absolute Gasteiger partial charge is 0.255 e. The van der Waals surface area contributed by atoms with Gasteiger partial charge in [0.2, 0.25) is 0 Å². The third kappa shape index (κ3) is 2.98. The number of nitrogens with one attached hydrogen (secondary N) is 1. The van der Waals surface area contributed by atoms with Crippen molar-refractivity contribution < 1.29 is 4.79 Å². The van der Waals surface area contributed by atoms with Gasteiger partial charge < -0.3 is 10.2 Å². The van der Waals surface area contributed by atoms with Gasteiger partial charge in [-0.3, -0.25) is 4.79 Å². The normalized spacial score (nSPS) is 10.2. The summed E-state index contributed by atoms with van der Waals surface area (Å²) in [6.07, 6.45) is 0. The second kappa shape index (κ2) is 4.82. The first-order valence-electron chi connectivity index (χ1n) is 5.09. The maximum atomic E-state index is 11.8. The number of nitrogens with zero attached hydrogens (tertiary/aromatic N) is 1. The summed E-state index contributed by atoms with van der Waals surface area (Å²) in [6.45, 7) is 4.10. The van der Waals surface area contributed by atoms with Crippen molar-refractivity contribution in [1.29, 1.82) is 0 Å². The van der Waals surface area contributed by atoms with Crippen LogP contribution >= 0.6 is 0 Å². The molecule has 0 bridgehead atoms. The number of anilines is 1. The molecule has 0 saturated heterocycles. The zero-order valence-electron chi connectivity index (χ0n) is 9.74. The molecule has 1 aromatic rings. The van der Waals surface area contributed by atoms with Crippen LogP contribution in [0.4, 0.5) is 5.69 Å². The summed E-state index contributed by atoms with van der Waals surface area (Å²) in [4.78, 5) is 13.4. The molecule has 82 valence electrons. The van der Waals surface area contributed by atoms with E-state index >= 15 is 0 Å². The van der Waals surface area contributed by atoms with E-state index in [1.165, 1.54) is 0 Å². The van der Waals surface area contributed by atoms with Crippen LogP contribution in [0.5, 0.6) is 0 Å². The molecule has 0 unspecified atom stereocenters. The monoisotopic (exact) mass is 206 g/mol. The van der Waals surface area contributed by atoms with Crippen molar-refractivity contribution >= 4 is 11.6 Å². The van der Waals surface area contributed by atoms with E-state index in [2.05, 4.69) is 19.2 Å². The highest BCUT2D eigenvalue weighted by Crippen LogP contribution is 2.17. The first-order chi connectivity index (χ1) is 7.02. The SMILES string of the molecule is CC(C)Nc1ccccc1C(=O)N(C)C. The van der Waals surface area contributed by atoms with Crippen LogP contribution in [0.3, 0.4) is 0 Å². The molecule has 0 fully saturated rings. The van der Waals surface area contributed by atoms with E-state index in [1.54, 1.807) is 19.0 Å². The molecule has 0 atom stereocenters. The largest absolute Gasteiger partial charge is 0.382 e. The van der Waals surface area contributed by atoms with Crippen LogP contribution in [-0.4, -0.2) is 30.9 Å². The van der Waals surface area contributed by atoms with Crippen LogP contribution in [0.1, 0.15) is 24.2 Å². The lowest BCUT2D eigenvalue weighted by atomic mass is 10.1. The lowest BCUT2D eigenvalue weighted by Gasteiger charge is -2.16. The minimum absolute atomic E-state index is 0.0266. The number of hydrogen-bond acceptors (Lipinski definition) is 2. The summed E-state index contributed by atoms with van der Waals surface area (Å²) in [5, 5.41) is 3.26. The quantitative estimate of drug-likeness (QED) is 0.822. The number of para-hydroxylation sites is 1. The van der Waals surface area contributed by atoms with E-state index in [0.717, 1.165) is 11.3 Å². The molecule has 0 heterocycles. The van der Waals surface area contributed by atoms with Crippen molar-refractivity contribution in [2.45, 2.75) is 19.9 Å². The summed E-state index contributed by atoms with van der Waals surface area (Å²) < 4.78 is 0. The molecule has 0 radical (unpaired) electrons. The van der Waals surface area contributed by atoms with E-state index in [-0.39, 0.29) is 5.91 Å². The Morgan fingerprint density at radius 1 is 1.27 bits per heavy atom. The summed E-state index contributed by atoms with van der Waals surface area (Å²) in [5.41, 5.74) is 1.61. The second-order valence-electron chi connectivity index (χ2n) is 4.04. The van der Waals surface area contributed by atoms with Crippen LogP contribution in [-0.2, 0) is 0 Å². The molecule has 1 N–H and O–H groups in total. The molecule has 0 aliphatic carbocycles. The molecular formula is C12H18N2O. The molecule has 0 saturated carbocycles. The maximum absolute atomic E-state index is 11.8. The Morgan fingerprint density at radius 3 is 2.40 bits per heavy atom. The van der Waals surface area contributed by atoms with Gasteiger partial charge in [0, 0.05) is 25.8 Å². The number of carbonyl (C=O) groups excluding carboxylic acids is 1. The number of hydrogen-bond donors (Lipinski definition) is 1. The van der Waals surface area contributed by atoms with Crippen LogP contribution in [0.25, 0.3) is 0 Å². The Morgan fingerprint density at radius 2 is 1.87 bits per heavy atom. The van der Waals surface area contributed by atoms with Gasteiger partial charge in [-0.15, -0.1) is 0 Å². The Hall–Kier alpha value is -1.51. The van der Waals surface area contributed by atoms with Crippen molar-refractivity contribution in [3.05, 3.63) is 29.8 Å². The topological polar surface area (TPSA) is 32.3 Å². The van der Waals surface area contributed by atoms with E-state index < -0.39 is 0 Å². The van der Waals surface area contributed by atoms with Gasteiger partial charge in [-0.25, -0.2) is 0 Å². The van der Waals surface area contributed by atoms with Crippen LogP contribution in [0.2, 0.25) is 0 Å². The number of amides is 1. The van der Waals surface area contributed by atoms with Crippen molar-refractivity contribution in [1.82, 2.24) is 4.90 Å². The predicted molar refractivity (Wildman–Crippen MR) is 63.2 cm³/mol. The Labute approximate surface area is 91.1 Å². The standard InChI is InChI=1S/C12H18N2O/c1-9(2)13-11-8-6-5-7-10(11)12(15)14(3)4/h5-9,13H,1-4H3. The molecule has 3 heteroatoms. The zero-order chi connectivity index (χ0) is 11.4. The lowest BCUT2D eigenvalue weighted by Crippen LogP contribution is -2.23. The molecule has 0 aromatic heterocycles. The van der Waals surface area contributed by atoms with E-state index in [9.17, 15) is 4.79 Å². The highest BCUT2D eigenvalue weighted by atomic mass is 16.2. The molecule has 0 spiro atoms. The van der Waals surface area contributed by atoms with Gasteiger partial charge in [0.1, 0.15) is 0 Å². The fourth-order valence-corrected chi connectivity index (χ4v) is 1.35. The third-order valence-electron chi connectivity index (χ3n) is 2.01. The molecule has 15 heavy (non-hydrogen) atoms. The Balaban J connectivity index is 3.01. The molecule has 0 aliphatic rings. The van der Waals surface area contributed by atoms with Crippen LogP contribution in [0.15, 0.2) is 24.3 Å². The van der Waals surface area contributed by atoms with Gasteiger partial charge in [0.15, 0.2) is 0 Å². The van der Waals surface area contributed by atoms with Gasteiger partial charge in [-0.1, -0.05) is 12.1 Å². The summed E-state index contributed by atoms with van der Waals surface area (Å²) in [7, 11) is 3.52. The van der Waals surface area contributed by atoms with E-state index in [0.29, 0.717) is 6.04 Å². The van der Waals surface area contributed by atoms with Crippen molar-refractivity contribution in [3.63, 3.8) is 0 Å². The summed E-state index contributed by atoms with van der Waals surface area (Å²) in [6, 6.07) is 7.89. The minimum atomic E-state index is 0.0266. The molecule has 1 aromatic carbocycles. The predicted octanol–water partition coefficient (Wildman–Crippen LogP) is 2.21. The van der Waals surface area contributed by atoms with Crippen molar-refractivity contribution in [2.75, 3.05) is 19.4 Å². The van der Waals surface area contributed by atoms with Gasteiger partial charge in [0.05, 0.1) is 5.56 Å². The summed E-state index contributed by atoms with van der Waals surface area (Å²) >= 11 is 0. The maximum Gasteiger partial charge on any atom is 0.255 e. The van der Waals surface area contributed by atoms with Gasteiger partial charge in [0.25, 0.3) is 5.91 Å². The van der Waals surface area contributed by atoms with Gasteiger partial charge in [-0.2, -0.15) is 0 Å². The molecule has 1 amide bonds. The van der Waals surface area contributed by atoms with Crippen molar-refractivity contribution in [3.8, 4) is 0 Å². The first kappa shape index (κ1) is 11.6. The fourth-order valence-electron chi connectivity index (χ4n) is 1.35. The highest BCUT2D eigenvalue weighted by molar-refractivity contribution is 5.99. The number of benzene rings is 1. The number of carbonyl (C=O) groups is 1. The second-order valence-corrected chi connectivity index (χ2v) is 4.04. The Kier molecular flexibility index (Phi) is 3.72. The Bertz CT molecular complexity index is 345.